The highest BCUT2D eigenvalue weighted by atomic mass is 35.5. The summed E-state index contributed by atoms with van der Waals surface area (Å²) in [5.41, 5.74) is 4.33. The van der Waals surface area contributed by atoms with Gasteiger partial charge in [-0.05, 0) is 42.0 Å². The van der Waals surface area contributed by atoms with Crippen molar-refractivity contribution in [3.63, 3.8) is 0 Å². The third-order valence-electron chi connectivity index (χ3n) is 3.60. The first kappa shape index (κ1) is 18.2. The summed E-state index contributed by atoms with van der Waals surface area (Å²) < 4.78 is 13.7. The SMILES string of the molecule is N#Cc1ccc(ON[C@H](c2ccc(Cl)cc2)c2ccc(Cl)cn2)cc1F. The maximum absolute atomic E-state index is 13.7. The summed E-state index contributed by atoms with van der Waals surface area (Å²) in [6.45, 7) is 0. The van der Waals surface area contributed by atoms with Gasteiger partial charge in [0.1, 0.15) is 23.7 Å². The second-order valence-electron chi connectivity index (χ2n) is 5.36. The molecule has 0 aliphatic heterocycles. The predicted molar refractivity (Wildman–Crippen MR) is 97.4 cm³/mol. The van der Waals surface area contributed by atoms with Crippen LogP contribution < -0.4 is 10.3 Å². The molecular formula is C19H12Cl2FN3O. The first-order valence-electron chi connectivity index (χ1n) is 7.56. The third kappa shape index (κ3) is 4.30. The maximum Gasteiger partial charge on any atom is 0.150 e. The van der Waals surface area contributed by atoms with Crippen LogP contribution in [-0.2, 0) is 0 Å². The van der Waals surface area contributed by atoms with E-state index in [-0.39, 0.29) is 11.3 Å². The Balaban J connectivity index is 1.86. The van der Waals surface area contributed by atoms with Crippen molar-refractivity contribution < 1.29 is 9.23 Å². The quantitative estimate of drug-likeness (QED) is 0.620. The van der Waals surface area contributed by atoms with Crippen molar-refractivity contribution in [2.45, 2.75) is 6.04 Å². The van der Waals surface area contributed by atoms with Gasteiger partial charge in [-0.15, -0.1) is 5.48 Å². The molecule has 0 aliphatic rings. The normalized spacial score (nSPS) is 11.6. The molecule has 7 heteroatoms. The monoisotopic (exact) mass is 387 g/mol. The van der Waals surface area contributed by atoms with E-state index in [2.05, 4.69) is 10.5 Å². The van der Waals surface area contributed by atoms with Crippen molar-refractivity contribution in [1.29, 1.82) is 5.26 Å². The van der Waals surface area contributed by atoms with Crippen LogP contribution in [0.4, 0.5) is 4.39 Å². The van der Waals surface area contributed by atoms with E-state index in [4.69, 9.17) is 33.3 Å². The summed E-state index contributed by atoms with van der Waals surface area (Å²) in [6.07, 6.45) is 1.53. The van der Waals surface area contributed by atoms with Gasteiger partial charge >= 0.3 is 0 Å². The summed E-state index contributed by atoms with van der Waals surface area (Å²) in [7, 11) is 0. The number of hydrogen-bond acceptors (Lipinski definition) is 4. The van der Waals surface area contributed by atoms with Crippen molar-refractivity contribution in [1.82, 2.24) is 10.5 Å². The largest absolute Gasteiger partial charge is 0.408 e. The van der Waals surface area contributed by atoms with E-state index in [1.54, 1.807) is 30.3 Å². The summed E-state index contributed by atoms with van der Waals surface area (Å²) in [6, 6.07) is 16.0. The Morgan fingerprint density at radius 3 is 2.38 bits per heavy atom. The summed E-state index contributed by atoms with van der Waals surface area (Å²) in [5, 5.41) is 9.91. The minimum atomic E-state index is -0.653. The Kier molecular flexibility index (Phi) is 5.69. The Labute approximate surface area is 159 Å². The number of aromatic nitrogens is 1. The van der Waals surface area contributed by atoms with Gasteiger partial charge in [0.2, 0.25) is 0 Å². The first-order chi connectivity index (χ1) is 12.6. The zero-order valence-electron chi connectivity index (χ0n) is 13.3. The third-order valence-corrected chi connectivity index (χ3v) is 4.08. The van der Waals surface area contributed by atoms with Gasteiger partial charge in [0.15, 0.2) is 0 Å². The zero-order chi connectivity index (χ0) is 18.5. The topological polar surface area (TPSA) is 57.9 Å². The van der Waals surface area contributed by atoms with Crippen LogP contribution in [-0.4, -0.2) is 4.98 Å². The number of hydrogen-bond donors (Lipinski definition) is 1. The zero-order valence-corrected chi connectivity index (χ0v) is 14.8. The highest BCUT2D eigenvalue weighted by Crippen LogP contribution is 2.24. The van der Waals surface area contributed by atoms with Crippen molar-refractivity contribution in [3.05, 3.63) is 93.5 Å². The lowest BCUT2D eigenvalue weighted by molar-refractivity contribution is 0.168. The fourth-order valence-electron chi connectivity index (χ4n) is 2.29. The molecule has 0 bridgehead atoms. The fraction of sp³-hybridized carbons (Fsp3) is 0.0526. The lowest BCUT2D eigenvalue weighted by atomic mass is 10.0. The Hall–Kier alpha value is -2.65. The van der Waals surface area contributed by atoms with Gasteiger partial charge in [-0.2, -0.15) is 5.26 Å². The summed E-state index contributed by atoms with van der Waals surface area (Å²) in [4.78, 5) is 9.82. The van der Waals surface area contributed by atoms with E-state index in [1.807, 2.05) is 12.1 Å². The molecule has 4 nitrogen and oxygen atoms in total. The minimum absolute atomic E-state index is 0.0500. The molecule has 3 rings (SSSR count). The number of nitrogens with one attached hydrogen (secondary N) is 1. The molecular weight excluding hydrogens is 376 g/mol. The van der Waals surface area contributed by atoms with Crippen LogP contribution >= 0.6 is 23.2 Å². The van der Waals surface area contributed by atoms with Crippen LogP contribution in [0.5, 0.6) is 5.75 Å². The number of nitriles is 1. The Bertz CT molecular complexity index is 895. The van der Waals surface area contributed by atoms with E-state index >= 15 is 0 Å². The molecule has 3 aromatic rings. The van der Waals surface area contributed by atoms with Crippen molar-refractivity contribution in [3.8, 4) is 11.8 Å². The van der Waals surface area contributed by atoms with Crippen LogP contribution in [0, 0.1) is 17.1 Å². The lowest BCUT2D eigenvalue weighted by Crippen LogP contribution is -2.26. The standard InChI is InChI=1S/C19H12Cl2FN3O/c20-14-4-1-12(2-5-14)19(18-8-6-15(21)11-24-18)25-26-16-7-3-13(10-23)17(22)9-16/h1-9,11,19,25H/t19-/m1/s1. The molecule has 1 heterocycles. The highest BCUT2D eigenvalue weighted by Gasteiger charge is 2.17. The van der Waals surface area contributed by atoms with Gasteiger partial charge in [0, 0.05) is 17.3 Å². The Morgan fingerprint density at radius 1 is 1.04 bits per heavy atom. The molecule has 0 saturated carbocycles. The number of hydroxylamine groups is 1. The number of benzene rings is 2. The van der Waals surface area contributed by atoms with E-state index in [1.165, 1.54) is 18.3 Å². The van der Waals surface area contributed by atoms with Crippen LogP contribution in [0.2, 0.25) is 10.0 Å². The number of pyridine rings is 1. The molecule has 2 aromatic carbocycles. The molecule has 1 aromatic heterocycles. The van der Waals surface area contributed by atoms with E-state index in [0.29, 0.717) is 15.7 Å². The highest BCUT2D eigenvalue weighted by molar-refractivity contribution is 6.30. The molecule has 0 fully saturated rings. The van der Waals surface area contributed by atoms with E-state index in [0.717, 1.165) is 11.6 Å². The molecule has 0 unspecified atom stereocenters. The van der Waals surface area contributed by atoms with Crippen LogP contribution in [0.1, 0.15) is 22.9 Å². The van der Waals surface area contributed by atoms with Crippen LogP contribution in [0.3, 0.4) is 0 Å². The predicted octanol–water partition coefficient (Wildman–Crippen LogP) is 5.07. The molecule has 0 spiro atoms. The maximum atomic E-state index is 13.7. The van der Waals surface area contributed by atoms with Gasteiger partial charge in [-0.3, -0.25) is 4.98 Å². The molecule has 1 atom stereocenters. The summed E-state index contributed by atoms with van der Waals surface area (Å²) in [5.74, 6) is -0.422. The lowest BCUT2D eigenvalue weighted by Gasteiger charge is -2.19. The van der Waals surface area contributed by atoms with E-state index < -0.39 is 11.9 Å². The number of halogens is 3. The molecule has 0 amide bonds. The first-order valence-corrected chi connectivity index (χ1v) is 8.31. The Morgan fingerprint density at radius 2 is 1.77 bits per heavy atom. The number of nitrogens with zero attached hydrogens (tertiary/aromatic N) is 2. The molecule has 26 heavy (non-hydrogen) atoms. The molecule has 0 saturated heterocycles. The smallest absolute Gasteiger partial charge is 0.150 e. The van der Waals surface area contributed by atoms with Crippen molar-refractivity contribution >= 4 is 23.2 Å². The van der Waals surface area contributed by atoms with Crippen LogP contribution in [0.15, 0.2) is 60.8 Å². The summed E-state index contributed by atoms with van der Waals surface area (Å²) >= 11 is 11.9. The van der Waals surface area contributed by atoms with Gasteiger partial charge in [0.05, 0.1) is 16.3 Å². The van der Waals surface area contributed by atoms with Crippen LogP contribution in [0.25, 0.3) is 0 Å². The molecule has 130 valence electrons. The number of rotatable bonds is 5. The van der Waals surface area contributed by atoms with Gasteiger partial charge in [-0.1, -0.05) is 35.3 Å². The molecule has 0 radical (unpaired) electrons. The van der Waals surface area contributed by atoms with E-state index in [9.17, 15) is 4.39 Å². The average Bonchev–Trinajstić information content (AvgIpc) is 2.65. The second-order valence-corrected chi connectivity index (χ2v) is 6.23. The average molecular weight is 388 g/mol. The minimum Gasteiger partial charge on any atom is -0.408 e. The van der Waals surface area contributed by atoms with Crippen molar-refractivity contribution in [2.24, 2.45) is 0 Å². The fourth-order valence-corrected chi connectivity index (χ4v) is 2.53. The molecule has 1 N–H and O–H groups in total. The van der Waals surface area contributed by atoms with Crippen molar-refractivity contribution in [2.75, 3.05) is 0 Å². The molecule has 0 aliphatic carbocycles. The van der Waals surface area contributed by atoms with Gasteiger partial charge in [0.25, 0.3) is 0 Å². The second kappa shape index (κ2) is 8.15. The van der Waals surface area contributed by atoms with Gasteiger partial charge in [-0.25, -0.2) is 4.39 Å². The van der Waals surface area contributed by atoms with Gasteiger partial charge < -0.3 is 4.84 Å².